The molecule has 0 atom stereocenters. The van der Waals surface area contributed by atoms with Crippen LogP contribution in [0.3, 0.4) is 0 Å². The van der Waals surface area contributed by atoms with Crippen LogP contribution in [-0.4, -0.2) is 32.4 Å². The van der Waals surface area contributed by atoms with Gasteiger partial charge in [0.15, 0.2) is 18.1 Å². The number of rotatable bonds is 8. The van der Waals surface area contributed by atoms with Gasteiger partial charge in [0.1, 0.15) is 5.75 Å². The lowest BCUT2D eigenvalue weighted by molar-refractivity contribution is -0.123. The molecule has 0 aliphatic rings. The first-order valence-corrected chi connectivity index (χ1v) is 9.83. The summed E-state index contributed by atoms with van der Waals surface area (Å²) in [5.74, 6) is 1.39. The highest BCUT2D eigenvalue weighted by Gasteiger charge is 2.08. The molecule has 0 unspecified atom stereocenters. The number of hydrogen-bond donors (Lipinski definition) is 1. The third-order valence-electron chi connectivity index (χ3n) is 4.72. The van der Waals surface area contributed by atoms with E-state index in [1.54, 1.807) is 57.5 Å². The molecule has 0 aliphatic heterocycles. The maximum Gasteiger partial charge on any atom is 0.277 e. The van der Waals surface area contributed by atoms with Gasteiger partial charge in [-0.15, -0.1) is 0 Å². The molecule has 1 N–H and O–H groups in total. The normalized spacial score (nSPS) is 10.8. The van der Waals surface area contributed by atoms with Crippen LogP contribution in [0.5, 0.6) is 17.2 Å². The third kappa shape index (κ3) is 5.64. The smallest absolute Gasteiger partial charge is 0.277 e. The van der Waals surface area contributed by atoms with E-state index < -0.39 is 0 Å². The van der Waals surface area contributed by atoms with Crippen LogP contribution in [0.15, 0.2) is 71.8 Å². The molecular formula is C25H23N3O4. The lowest BCUT2D eigenvalue weighted by Crippen LogP contribution is -2.25. The van der Waals surface area contributed by atoms with Gasteiger partial charge in [-0.2, -0.15) is 10.4 Å². The van der Waals surface area contributed by atoms with Gasteiger partial charge in [0, 0.05) is 5.56 Å². The fourth-order valence-corrected chi connectivity index (χ4v) is 2.93. The number of nitrogens with one attached hydrogen (secondary N) is 1. The number of nitriles is 1. The number of carbonyl (C=O) groups is 1. The molecule has 3 aromatic carbocycles. The molecule has 0 saturated carbocycles. The zero-order valence-electron chi connectivity index (χ0n) is 18.1. The summed E-state index contributed by atoms with van der Waals surface area (Å²) in [6.07, 6.45) is 0. The van der Waals surface area contributed by atoms with Crippen molar-refractivity contribution >= 4 is 11.6 Å². The van der Waals surface area contributed by atoms with E-state index in [0.717, 1.165) is 16.7 Å². The van der Waals surface area contributed by atoms with Gasteiger partial charge < -0.3 is 14.2 Å². The van der Waals surface area contributed by atoms with Gasteiger partial charge in [-0.1, -0.05) is 24.3 Å². The first-order chi connectivity index (χ1) is 15.5. The number of methoxy groups -OCH3 is 2. The second-order valence-corrected chi connectivity index (χ2v) is 6.80. The minimum atomic E-state index is -0.374. The standard InChI is InChI=1S/C25H23N3O4/c1-17(21-10-13-23(30-2)24(14-21)31-3)27-28-25(29)16-32-22-11-8-20(9-12-22)19-6-4-18(15-26)5-7-19/h4-14H,16H2,1-3H3,(H,28,29)/b27-17+. The monoisotopic (exact) mass is 429 g/mol. The summed E-state index contributed by atoms with van der Waals surface area (Å²) >= 11 is 0. The first kappa shape index (κ1) is 22.4. The number of amides is 1. The van der Waals surface area contributed by atoms with Gasteiger partial charge in [-0.05, 0) is 60.5 Å². The van der Waals surface area contributed by atoms with Crippen LogP contribution in [0.1, 0.15) is 18.1 Å². The van der Waals surface area contributed by atoms with Crippen molar-refractivity contribution in [3.8, 4) is 34.4 Å². The first-order valence-electron chi connectivity index (χ1n) is 9.83. The molecule has 162 valence electrons. The summed E-state index contributed by atoms with van der Waals surface area (Å²) in [5.41, 5.74) is 6.50. The van der Waals surface area contributed by atoms with Gasteiger partial charge in [0.05, 0.1) is 31.6 Å². The molecule has 7 nitrogen and oxygen atoms in total. The van der Waals surface area contributed by atoms with Crippen LogP contribution in [0, 0.1) is 11.3 Å². The lowest BCUT2D eigenvalue weighted by atomic mass is 10.0. The van der Waals surface area contributed by atoms with Gasteiger partial charge >= 0.3 is 0 Å². The number of benzene rings is 3. The number of ether oxygens (including phenoxy) is 3. The van der Waals surface area contributed by atoms with Crippen LogP contribution >= 0.6 is 0 Å². The Labute approximate surface area is 186 Å². The summed E-state index contributed by atoms with van der Waals surface area (Å²) < 4.78 is 16.0. The Hall–Kier alpha value is -4.31. The Bertz CT molecular complexity index is 1150. The third-order valence-corrected chi connectivity index (χ3v) is 4.72. The Balaban J connectivity index is 1.54. The largest absolute Gasteiger partial charge is 0.493 e. The highest BCUT2D eigenvalue weighted by molar-refractivity contribution is 5.99. The Morgan fingerprint density at radius 1 is 0.938 bits per heavy atom. The second-order valence-electron chi connectivity index (χ2n) is 6.80. The van der Waals surface area contributed by atoms with E-state index in [4.69, 9.17) is 19.5 Å². The fourth-order valence-electron chi connectivity index (χ4n) is 2.93. The summed E-state index contributed by atoms with van der Waals surface area (Å²) in [4.78, 5) is 12.1. The molecule has 0 aromatic heterocycles. The van der Waals surface area contributed by atoms with E-state index >= 15 is 0 Å². The number of hydrogen-bond acceptors (Lipinski definition) is 6. The van der Waals surface area contributed by atoms with E-state index in [2.05, 4.69) is 16.6 Å². The highest BCUT2D eigenvalue weighted by atomic mass is 16.5. The Morgan fingerprint density at radius 3 is 2.16 bits per heavy atom. The van der Waals surface area contributed by atoms with Crippen LogP contribution in [0.4, 0.5) is 0 Å². The molecule has 0 saturated heterocycles. The second kappa shape index (κ2) is 10.6. The fraction of sp³-hybridized carbons (Fsp3) is 0.160. The van der Waals surface area contributed by atoms with Crippen molar-refractivity contribution in [1.29, 1.82) is 5.26 Å². The van der Waals surface area contributed by atoms with Gasteiger partial charge in [0.25, 0.3) is 5.91 Å². The minimum absolute atomic E-state index is 0.168. The van der Waals surface area contributed by atoms with Crippen molar-refractivity contribution in [2.24, 2.45) is 5.10 Å². The number of hydrazone groups is 1. The molecule has 0 heterocycles. The average Bonchev–Trinajstić information content (AvgIpc) is 2.85. The van der Waals surface area contributed by atoms with E-state index in [9.17, 15) is 4.79 Å². The molecule has 0 fully saturated rings. The number of carbonyl (C=O) groups excluding carboxylic acids is 1. The topological polar surface area (TPSA) is 92.9 Å². The Kier molecular flexibility index (Phi) is 7.44. The van der Waals surface area contributed by atoms with Gasteiger partial charge in [-0.3, -0.25) is 4.79 Å². The van der Waals surface area contributed by atoms with E-state index in [-0.39, 0.29) is 12.5 Å². The molecule has 3 rings (SSSR count). The summed E-state index contributed by atoms with van der Waals surface area (Å²) in [6.45, 7) is 1.61. The maximum atomic E-state index is 12.1. The van der Waals surface area contributed by atoms with Crippen molar-refractivity contribution in [2.75, 3.05) is 20.8 Å². The average molecular weight is 429 g/mol. The predicted molar refractivity (Wildman–Crippen MR) is 122 cm³/mol. The van der Waals surface area contributed by atoms with Crippen LogP contribution in [0.2, 0.25) is 0 Å². The molecule has 7 heteroatoms. The van der Waals surface area contributed by atoms with Crippen molar-refractivity contribution in [3.05, 3.63) is 77.9 Å². The Morgan fingerprint density at radius 2 is 1.56 bits per heavy atom. The molecular weight excluding hydrogens is 406 g/mol. The molecule has 1 amide bonds. The van der Waals surface area contributed by atoms with Crippen molar-refractivity contribution in [2.45, 2.75) is 6.92 Å². The number of nitrogens with zero attached hydrogens (tertiary/aromatic N) is 2. The highest BCUT2D eigenvalue weighted by Crippen LogP contribution is 2.27. The molecule has 0 bridgehead atoms. The van der Waals surface area contributed by atoms with E-state index in [0.29, 0.717) is 28.5 Å². The van der Waals surface area contributed by atoms with Crippen LogP contribution < -0.4 is 19.6 Å². The molecule has 3 aromatic rings. The molecule has 0 aliphatic carbocycles. The van der Waals surface area contributed by atoms with Crippen molar-refractivity contribution in [3.63, 3.8) is 0 Å². The van der Waals surface area contributed by atoms with E-state index in [1.807, 2.05) is 30.3 Å². The zero-order valence-corrected chi connectivity index (χ0v) is 18.1. The molecule has 0 radical (unpaired) electrons. The van der Waals surface area contributed by atoms with Gasteiger partial charge in [-0.25, -0.2) is 5.43 Å². The lowest BCUT2D eigenvalue weighted by Gasteiger charge is -2.10. The summed E-state index contributed by atoms with van der Waals surface area (Å²) in [6, 6.07) is 22.2. The summed E-state index contributed by atoms with van der Waals surface area (Å²) in [7, 11) is 3.13. The SMILES string of the molecule is COc1ccc(/C(C)=N/NC(=O)COc2ccc(-c3ccc(C#N)cc3)cc2)cc1OC. The molecule has 0 spiro atoms. The minimum Gasteiger partial charge on any atom is -0.493 e. The predicted octanol–water partition coefficient (Wildman–Crippen LogP) is 4.16. The molecule has 32 heavy (non-hydrogen) atoms. The quantitative estimate of drug-likeness (QED) is 0.429. The van der Waals surface area contributed by atoms with E-state index in [1.165, 1.54) is 0 Å². The van der Waals surface area contributed by atoms with Crippen molar-refractivity contribution < 1.29 is 19.0 Å². The van der Waals surface area contributed by atoms with Crippen LogP contribution in [0.25, 0.3) is 11.1 Å². The zero-order chi connectivity index (χ0) is 22.9. The van der Waals surface area contributed by atoms with Crippen molar-refractivity contribution in [1.82, 2.24) is 5.43 Å². The maximum absolute atomic E-state index is 12.1. The summed E-state index contributed by atoms with van der Waals surface area (Å²) in [5, 5.41) is 13.0. The van der Waals surface area contributed by atoms with Gasteiger partial charge in [0.2, 0.25) is 0 Å². The van der Waals surface area contributed by atoms with Crippen LogP contribution in [-0.2, 0) is 4.79 Å².